The van der Waals surface area contributed by atoms with Crippen molar-refractivity contribution in [1.29, 1.82) is 0 Å². The standard InChI is InChI=1S/C18H34O6/c1-17(2,3)23-15(19)11-7-9-13-21-22-14-10-8-12-16(20)24-18(4,5)6/h7-14H2,1-6H3. The van der Waals surface area contributed by atoms with E-state index in [-0.39, 0.29) is 11.9 Å². The molecule has 24 heavy (non-hydrogen) atoms. The largest absolute Gasteiger partial charge is 0.460 e. The lowest BCUT2D eigenvalue weighted by Gasteiger charge is -2.19. The molecule has 0 fully saturated rings. The van der Waals surface area contributed by atoms with E-state index in [1.807, 2.05) is 41.5 Å². The summed E-state index contributed by atoms with van der Waals surface area (Å²) in [5.41, 5.74) is -0.869. The maximum Gasteiger partial charge on any atom is 0.306 e. The highest BCUT2D eigenvalue weighted by Gasteiger charge is 2.16. The Morgan fingerprint density at radius 1 is 0.625 bits per heavy atom. The Kier molecular flexibility index (Phi) is 10.9. The van der Waals surface area contributed by atoms with Gasteiger partial charge in [-0.2, -0.15) is 0 Å². The van der Waals surface area contributed by atoms with Gasteiger partial charge in [0.2, 0.25) is 0 Å². The van der Waals surface area contributed by atoms with Crippen LogP contribution in [0.4, 0.5) is 0 Å². The van der Waals surface area contributed by atoms with Crippen LogP contribution in [0, 0.1) is 0 Å². The van der Waals surface area contributed by atoms with E-state index in [2.05, 4.69) is 0 Å². The zero-order valence-electron chi connectivity index (χ0n) is 16.1. The van der Waals surface area contributed by atoms with Crippen molar-refractivity contribution in [2.24, 2.45) is 0 Å². The smallest absolute Gasteiger partial charge is 0.306 e. The third kappa shape index (κ3) is 17.2. The lowest BCUT2D eigenvalue weighted by atomic mass is 10.2. The molecule has 0 rings (SSSR count). The highest BCUT2D eigenvalue weighted by molar-refractivity contribution is 5.70. The summed E-state index contributed by atoms with van der Waals surface area (Å²) in [6, 6.07) is 0. The molecule has 0 aliphatic rings. The van der Waals surface area contributed by atoms with E-state index < -0.39 is 11.2 Å². The maximum atomic E-state index is 11.5. The predicted octanol–water partition coefficient (Wildman–Crippen LogP) is 3.96. The topological polar surface area (TPSA) is 71.1 Å². The van der Waals surface area contributed by atoms with Crippen LogP contribution in [0.3, 0.4) is 0 Å². The number of hydrogen-bond donors (Lipinski definition) is 0. The van der Waals surface area contributed by atoms with E-state index >= 15 is 0 Å². The molecule has 0 aromatic carbocycles. The van der Waals surface area contributed by atoms with E-state index in [1.165, 1.54) is 0 Å². The Morgan fingerprint density at radius 3 is 1.25 bits per heavy atom. The fraction of sp³-hybridized carbons (Fsp3) is 0.889. The molecule has 0 aliphatic carbocycles. The number of unbranched alkanes of at least 4 members (excludes halogenated alkanes) is 2. The molecule has 0 aromatic rings. The second-order valence-electron chi connectivity index (χ2n) is 7.73. The maximum absolute atomic E-state index is 11.5. The summed E-state index contributed by atoms with van der Waals surface area (Å²) in [5, 5.41) is 0. The molecule has 0 unspecified atom stereocenters. The number of ether oxygens (including phenoxy) is 2. The molecule has 0 heterocycles. The van der Waals surface area contributed by atoms with Crippen molar-refractivity contribution in [1.82, 2.24) is 0 Å². The SMILES string of the molecule is CC(C)(C)OC(=O)CCCCOOCCCCC(=O)OC(C)(C)C. The van der Waals surface area contributed by atoms with Crippen molar-refractivity contribution in [3.05, 3.63) is 0 Å². The molecule has 0 N–H and O–H groups in total. The van der Waals surface area contributed by atoms with Crippen molar-refractivity contribution in [3.8, 4) is 0 Å². The average Bonchev–Trinajstić information content (AvgIpc) is 2.36. The Labute approximate surface area is 146 Å². The van der Waals surface area contributed by atoms with Crippen molar-refractivity contribution in [2.45, 2.75) is 91.3 Å². The highest BCUT2D eigenvalue weighted by atomic mass is 17.2. The van der Waals surface area contributed by atoms with Gasteiger partial charge in [-0.05, 0) is 67.2 Å². The van der Waals surface area contributed by atoms with Gasteiger partial charge in [0, 0.05) is 12.8 Å². The van der Waals surface area contributed by atoms with Gasteiger partial charge in [-0.15, -0.1) is 0 Å². The third-order valence-corrected chi connectivity index (χ3v) is 2.64. The van der Waals surface area contributed by atoms with Gasteiger partial charge in [-0.3, -0.25) is 9.59 Å². The molecule has 6 heteroatoms. The zero-order valence-corrected chi connectivity index (χ0v) is 16.1. The molecular weight excluding hydrogens is 312 g/mol. The summed E-state index contributed by atoms with van der Waals surface area (Å²) in [4.78, 5) is 33.0. The van der Waals surface area contributed by atoms with E-state index in [0.29, 0.717) is 38.9 Å². The van der Waals surface area contributed by atoms with Gasteiger partial charge >= 0.3 is 11.9 Å². The molecule has 6 nitrogen and oxygen atoms in total. The van der Waals surface area contributed by atoms with Crippen LogP contribution in [0.25, 0.3) is 0 Å². The normalized spacial score (nSPS) is 12.1. The fourth-order valence-corrected chi connectivity index (χ4v) is 1.76. The molecule has 0 saturated heterocycles. The van der Waals surface area contributed by atoms with Gasteiger partial charge in [-0.1, -0.05) is 0 Å². The Hall–Kier alpha value is -1.14. The Bertz CT molecular complexity index is 329. The monoisotopic (exact) mass is 346 g/mol. The number of esters is 2. The molecule has 0 aliphatic heterocycles. The van der Waals surface area contributed by atoms with Crippen LogP contribution in [-0.2, 0) is 28.8 Å². The van der Waals surface area contributed by atoms with Crippen LogP contribution in [0.1, 0.15) is 80.1 Å². The van der Waals surface area contributed by atoms with E-state index in [4.69, 9.17) is 19.2 Å². The first-order valence-corrected chi connectivity index (χ1v) is 8.68. The molecule has 0 aromatic heterocycles. The quantitative estimate of drug-likeness (QED) is 0.244. The minimum absolute atomic E-state index is 0.189. The average molecular weight is 346 g/mol. The number of rotatable bonds is 11. The van der Waals surface area contributed by atoms with Gasteiger partial charge in [0.1, 0.15) is 11.2 Å². The molecule has 0 amide bonds. The summed E-state index contributed by atoms with van der Waals surface area (Å²) in [6.45, 7) is 12.0. The van der Waals surface area contributed by atoms with Crippen molar-refractivity contribution < 1.29 is 28.8 Å². The second-order valence-corrected chi connectivity index (χ2v) is 7.73. The molecule has 0 spiro atoms. The van der Waals surface area contributed by atoms with Gasteiger partial charge in [0.25, 0.3) is 0 Å². The first-order chi connectivity index (χ1) is 11.0. The fourth-order valence-electron chi connectivity index (χ4n) is 1.76. The van der Waals surface area contributed by atoms with Gasteiger partial charge in [0.15, 0.2) is 0 Å². The summed E-state index contributed by atoms with van der Waals surface area (Å²) < 4.78 is 10.4. The molecular formula is C18H34O6. The Balaban J connectivity index is 3.37. The van der Waals surface area contributed by atoms with Crippen LogP contribution in [0.5, 0.6) is 0 Å². The number of hydrogen-bond acceptors (Lipinski definition) is 6. The van der Waals surface area contributed by atoms with Gasteiger partial charge in [-0.25, -0.2) is 9.78 Å². The van der Waals surface area contributed by atoms with Gasteiger partial charge in [0.05, 0.1) is 13.2 Å². The van der Waals surface area contributed by atoms with E-state index in [1.54, 1.807) is 0 Å². The zero-order chi connectivity index (χ0) is 18.6. The van der Waals surface area contributed by atoms with Gasteiger partial charge < -0.3 is 9.47 Å². The van der Waals surface area contributed by atoms with Crippen molar-refractivity contribution >= 4 is 11.9 Å². The summed E-state index contributed by atoms with van der Waals surface area (Å²) in [5.74, 6) is -0.379. The molecule has 142 valence electrons. The highest BCUT2D eigenvalue weighted by Crippen LogP contribution is 2.11. The second kappa shape index (κ2) is 11.4. The summed E-state index contributed by atoms with van der Waals surface area (Å²) in [7, 11) is 0. The van der Waals surface area contributed by atoms with Crippen molar-refractivity contribution in [3.63, 3.8) is 0 Å². The van der Waals surface area contributed by atoms with Crippen LogP contribution in [0.2, 0.25) is 0 Å². The van der Waals surface area contributed by atoms with Crippen LogP contribution < -0.4 is 0 Å². The van der Waals surface area contributed by atoms with Crippen molar-refractivity contribution in [2.75, 3.05) is 13.2 Å². The molecule has 0 atom stereocenters. The molecule has 0 bridgehead atoms. The minimum Gasteiger partial charge on any atom is -0.460 e. The van der Waals surface area contributed by atoms with E-state index in [9.17, 15) is 9.59 Å². The molecule has 0 radical (unpaired) electrons. The van der Waals surface area contributed by atoms with Crippen LogP contribution in [-0.4, -0.2) is 36.4 Å². The van der Waals surface area contributed by atoms with Crippen LogP contribution in [0.15, 0.2) is 0 Å². The Morgan fingerprint density at radius 2 is 0.958 bits per heavy atom. The number of carbonyl (C=O) groups excluding carboxylic acids is 2. The van der Waals surface area contributed by atoms with E-state index in [0.717, 1.165) is 12.8 Å². The van der Waals surface area contributed by atoms with Crippen LogP contribution >= 0.6 is 0 Å². The lowest BCUT2D eigenvalue weighted by molar-refractivity contribution is -0.295. The summed E-state index contributed by atoms with van der Waals surface area (Å²) >= 11 is 0. The predicted molar refractivity (Wildman–Crippen MR) is 91.3 cm³/mol. The minimum atomic E-state index is -0.435. The number of carbonyl (C=O) groups is 2. The first kappa shape index (κ1) is 22.9. The molecule has 0 saturated carbocycles. The third-order valence-electron chi connectivity index (χ3n) is 2.64. The summed E-state index contributed by atoms with van der Waals surface area (Å²) in [6.07, 6.45) is 3.65. The first-order valence-electron chi connectivity index (χ1n) is 8.68. The lowest BCUT2D eigenvalue weighted by Crippen LogP contribution is -2.23.